The second-order valence-corrected chi connectivity index (χ2v) is 16.0. The van der Waals surface area contributed by atoms with E-state index < -0.39 is 51.3 Å². The van der Waals surface area contributed by atoms with Crippen molar-refractivity contribution in [3.63, 3.8) is 0 Å². The molecule has 6 aromatic rings. The first kappa shape index (κ1) is 51.7. The molecular weight excluding hydrogens is 929 g/mol. The van der Waals surface area contributed by atoms with Crippen LogP contribution in [0, 0.1) is 0 Å². The Bertz CT molecular complexity index is 2660. The lowest BCUT2D eigenvalue weighted by Gasteiger charge is -2.29. The highest BCUT2D eigenvalue weighted by Crippen LogP contribution is 2.40. The SMILES string of the molecule is CCc1nc(N)nc(N)c1-c1ccc(Cl)cc1.COc1ncnc(NS(=O)(=O)c2ccc(N)cc2)c1OC.Cl.O[C@@H](c1cc(C(F)(F)F)nc2c(C(F)(F)F)cccc12)[C@H]1CCCCN1. The van der Waals surface area contributed by atoms with Crippen molar-refractivity contribution in [2.75, 3.05) is 42.7 Å². The largest absolute Gasteiger partial charge is 0.489 e. The minimum absolute atomic E-state index is 0. The van der Waals surface area contributed by atoms with E-state index in [0.717, 1.165) is 42.1 Å². The third kappa shape index (κ3) is 12.9. The highest BCUT2D eigenvalue weighted by Gasteiger charge is 2.39. The average Bonchev–Trinajstić information content (AvgIpc) is 3.25. The smallest absolute Gasteiger partial charge is 0.433 e. The quantitative estimate of drug-likeness (QED) is 0.0591. The summed E-state index contributed by atoms with van der Waals surface area (Å²) in [6, 6.07) is 16.3. The maximum Gasteiger partial charge on any atom is 0.433 e. The summed E-state index contributed by atoms with van der Waals surface area (Å²) in [5, 5.41) is 14.1. The summed E-state index contributed by atoms with van der Waals surface area (Å²) in [6.45, 7) is 2.59. The summed E-state index contributed by atoms with van der Waals surface area (Å²) in [4.78, 5) is 19.2. The Morgan fingerprint density at radius 2 is 1.58 bits per heavy atom. The zero-order chi connectivity index (χ0) is 47.0. The third-order valence-corrected chi connectivity index (χ3v) is 11.2. The highest BCUT2D eigenvalue weighted by atomic mass is 35.5. The Labute approximate surface area is 380 Å². The predicted molar refractivity (Wildman–Crippen MR) is 237 cm³/mol. The fourth-order valence-electron chi connectivity index (χ4n) is 6.58. The molecule has 3 aromatic heterocycles. The first-order valence-electron chi connectivity index (χ1n) is 19.2. The van der Waals surface area contributed by atoms with Crippen LogP contribution in [0.1, 0.15) is 54.8 Å². The van der Waals surface area contributed by atoms with Gasteiger partial charge in [-0.05, 0) is 85.5 Å². The molecule has 0 bridgehead atoms. The van der Waals surface area contributed by atoms with Gasteiger partial charge in [0.05, 0.1) is 42.0 Å². The predicted octanol–water partition coefficient (Wildman–Crippen LogP) is 8.27. The van der Waals surface area contributed by atoms with E-state index in [2.05, 4.69) is 35.0 Å². The van der Waals surface area contributed by atoms with Crippen LogP contribution in [-0.2, 0) is 28.8 Å². The topological polar surface area (TPSA) is 239 Å². The molecule has 0 saturated carbocycles. The van der Waals surface area contributed by atoms with E-state index in [1.54, 1.807) is 0 Å². The summed E-state index contributed by atoms with van der Waals surface area (Å²) >= 11 is 5.86. The van der Waals surface area contributed by atoms with Gasteiger partial charge in [0.1, 0.15) is 17.8 Å². The van der Waals surface area contributed by atoms with Crippen LogP contribution in [0.15, 0.2) is 84.0 Å². The van der Waals surface area contributed by atoms with E-state index in [4.69, 9.17) is 38.3 Å². The Kier molecular flexibility index (Phi) is 17.4. The Morgan fingerprint density at radius 1 is 0.908 bits per heavy atom. The van der Waals surface area contributed by atoms with Crippen LogP contribution in [0.4, 0.5) is 49.6 Å². The molecule has 0 unspecified atom stereocenters. The molecule has 4 heterocycles. The van der Waals surface area contributed by atoms with Gasteiger partial charge in [0.2, 0.25) is 11.7 Å². The number of methoxy groups -OCH3 is 2. The molecule has 1 saturated heterocycles. The van der Waals surface area contributed by atoms with Gasteiger partial charge in [-0.3, -0.25) is 4.72 Å². The van der Waals surface area contributed by atoms with Gasteiger partial charge < -0.3 is 37.1 Å². The molecule has 0 amide bonds. The van der Waals surface area contributed by atoms with Crippen LogP contribution in [0.5, 0.6) is 11.6 Å². The lowest BCUT2D eigenvalue weighted by atomic mass is 9.91. The number of halogens is 8. The number of aliphatic hydroxyl groups is 1. The van der Waals surface area contributed by atoms with Gasteiger partial charge in [-0.2, -0.15) is 36.3 Å². The molecule has 1 aliphatic heterocycles. The zero-order valence-corrected chi connectivity index (χ0v) is 37.1. The maximum absolute atomic E-state index is 13.2. The highest BCUT2D eigenvalue weighted by molar-refractivity contribution is 7.92. The molecule has 0 aliphatic carbocycles. The van der Waals surface area contributed by atoms with Crippen LogP contribution in [-0.4, -0.2) is 65.3 Å². The summed E-state index contributed by atoms with van der Waals surface area (Å²) in [5.41, 5.74) is 16.4. The average molecular weight is 974 g/mol. The van der Waals surface area contributed by atoms with Crippen LogP contribution in [0.2, 0.25) is 5.02 Å². The summed E-state index contributed by atoms with van der Waals surface area (Å²) in [5.74, 6) is 0.816. The molecule has 9 N–H and O–H groups in total. The van der Waals surface area contributed by atoms with E-state index >= 15 is 0 Å². The number of anilines is 4. The van der Waals surface area contributed by atoms with Crippen molar-refractivity contribution in [1.82, 2.24) is 30.2 Å². The number of nitrogen functional groups attached to an aromatic ring is 3. The molecule has 1 aliphatic rings. The van der Waals surface area contributed by atoms with Gasteiger partial charge in [-0.15, -0.1) is 12.4 Å². The van der Waals surface area contributed by atoms with Crippen molar-refractivity contribution >= 4 is 68.2 Å². The molecule has 0 radical (unpaired) electrons. The first-order chi connectivity index (χ1) is 30.2. The van der Waals surface area contributed by atoms with Gasteiger partial charge in [0.15, 0.2) is 5.82 Å². The molecule has 1 fully saturated rings. The number of aromatic nitrogens is 5. The molecule has 65 heavy (non-hydrogen) atoms. The minimum atomic E-state index is -4.93. The number of para-hydroxylation sites is 1. The van der Waals surface area contributed by atoms with E-state index in [1.807, 2.05) is 31.2 Å². The Balaban J connectivity index is 0.000000217. The van der Waals surface area contributed by atoms with E-state index in [0.29, 0.717) is 41.6 Å². The number of aliphatic hydroxyl groups excluding tert-OH is 1. The van der Waals surface area contributed by atoms with Crippen LogP contribution >= 0.6 is 24.0 Å². The van der Waals surface area contributed by atoms with Crippen molar-refractivity contribution in [1.29, 1.82) is 0 Å². The number of fused-ring (bicyclic) bond motifs is 1. The van der Waals surface area contributed by atoms with E-state index in [-0.39, 0.29) is 51.6 Å². The lowest BCUT2D eigenvalue weighted by molar-refractivity contribution is -0.142. The molecule has 0 spiro atoms. The number of hydrogen-bond donors (Lipinski definition) is 6. The molecule has 7 rings (SSSR count). The summed E-state index contributed by atoms with van der Waals surface area (Å²) in [6.07, 6.45) is -7.08. The van der Waals surface area contributed by atoms with Crippen molar-refractivity contribution < 1.29 is 49.3 Å². The molecule has 24 heteroatoms. The minimum Gasteiger partial charge on any atom is -0.489 e. The van der Waals surface area contributed by atoms with Gasteiger partial charge in [-0.1, -0.05) is 49.2 Å². The number of hydrogen-bond acceptors (Lipinski definition) is 14. The van der Waals surface area contributed by atoms with Crippen LogP contribution < -0.4 is 36.7 Å². The lowest BCUT2D eigenvalue weighted by Crippen LogP contribution is -2.39. The van der Waals surface area contributed by atoms with E-state index in [1.165, 1.54) is 50.9 Å². The number of nitrogens with one attached hydrogen (secondary N) is 2. The number of ether oxygens (including phenoxy) is 2. The fourth-order valence-corrected chi connectivity index (χ4v) is 7.72. The second kappa shape index (κ2) is 21.8. The molecular formula is C41H44Cl2F6N10O5S. The van der Waals surface area contributed by atoms with Crippen molar-refractivity contribution in [3.8, 4) is 22.8 Å². The molecule has 2 atom stereocenters. The maximum atomic E-state index is 13.2. The van der Waals surface area contributed by atoms with Gasteiger partial charge in [0.25, 0.3) is 15.9 Å². The molecule has 350 valence electrons. The number of rotatable bonds is 9. The van der Waals surface area contributed by atoms with Gasteiger partial charge in [0, 0.05) is 27.7 Å². The van der Waals surface area contributed by atoms with Crippen molar-refractivity contribution in [3.05, 3.63) is 107 Å². The number of pyridine rings is 1. The van der Waals surface area contributed by atoms with Crippen molar-refractivity contribution in [2.45, 2.75) is 62.0 Å². The normalized spacial score (nSPS) is 14.4. The number of alkyl halides is 6. The fraction of sp³-hybridized carbons (Fsp3) is 0.293. The van der Waals surface area contributed by atoms with Crippen LogP contribution in [0.3, 0.4) is 0 Å². The van der Waals surface area contributed by atoms with Crippen LogP contribution in [0.25, 0.3) is 22.0 Å². The zero-order valence-electron chi connectivity index (χ0n) is 34.7. The monoisotopic (exact) mass is 972 g/mol. The molecule has 15 nitrogen and oxygen atoms in total. The van der Waals surface area contributed by atoms with Gasteiger partial charge >= 0.3 is 12.4 Å². The third-order valence-electron chi connectivity index (χ3n) is 9.60. The summed E-state index contributed by atoms with van der Waals surface area (Å²) < 4.78 is 116. The number of piperidine rings is 1. The first-order valence-corrected chi connectivity index (χ1v) is 21.0. The van der Waals surface area contributed by atoms with E-state index in [9.17, 15) is 39.9 Å². The number of benzene rings is 3. The number of aryl methyl sites for hydroxylation is 1. The van der Waals surface area contributed by atoms with Gasteiger partial charge in [-0.25, -0.2) is 23.4 Å². The Hall–Kier alpha value is -5.94. The number of nitrogens with two attached hydrogens (primary N) is 3. The number of nitrogens with zero attached hydrogens (tertiary/aromatic N) is 5. The number of sulfonamides is 1. The van der Waals surface area contributed by atoms with Crippen molar-refractivity contribution in [2.24, 2.45) is 0 Å². The second-order valence-electron chi connectivity index (χ2n) is 13.9. The summed E-state index contributed by atoms with van der Waals surface area (Å²) in [7, 11) is -1.06. The molecule has 3 aromatic carbocycles. The Morgan fingerprint density at radius 3 is 2.15 bits per heavy atom. The standard InChI is InChI=1S/C17H16F6N2O.C12H13ClN4.C12H14N4O4S.ClH/c18-16(19,20)11-5-3-4-9-10(15(26)12-6-1-2-7-24-12)8-13(17(21,22)23)25-14(9)11;1-2-9-10(11(14)17-12(15)16-9)7-3-5-8(13)6-4-7;1-19-10-11(14-7-15-12(10)20-2)16-21(17,18)9-5-3-8(13)4-6-9;/h3-5,8,12,15,24,26H,1-2,6-7H2;3-6H,2H2,1H3,(H4,14,15,16,17);3-7H,13H2,1-2H3,(H,14,15,16);1H/t12-,15+;;;/m1.../s1.